The molecule has 10 heteroatoms. The molecule has 1 aromatic heterocycles. The number of nitrogens with zero attached hydrogens (tertiary/aromatic N) is 2. The molecule has 0 unspecified atom stereocenters. The number of rotatable bonds is 8. The standard InChI is InChI=1S/C28H28N2O7S/c1-5-33-19-11-9-18(14-22(19)34-6-2)25-24(27(32)35-7-3)16(4)29-28-30(25)26(31)23(38-28)13-17-8-10-20-21(12-17)37-15-36-20/h8-14,25H,5-7,15H2,1-4H3/b23-13-/t25-/m1/s1. The van der Waals surface area contributed by atoms with Gasteiger partial charge in [0.15, 0.2) is 27.8 Å². The van der Waals surface area contributed by atoms with Gasteiger partial charge in [-0.05, 0) is 69.2 Å². The van der Waals surface area contributed by atoms with Crippen LogP contribution in [0.2, 0.25) is 0 Å². The van der Waals surface area contributed by atoms with Crippen LogP contribution in [0.25, 0.3) is 6.08 Å². The number of ether oxygens (including phenoxy) is 5. The van der Waals surface area contributed by atoms with E-state index < -0.39 is 12.0 Å². The van der Waals surface area contributed by atoms with Crippen LogP contribution >= 0.6 is 11.3 Å². The van der Waals surface area contributed by atoms with Gasteiger partial charge in [0, 0.05) is 0 Å². The van der Waals surface area contributed by atoms with Gasteiger partial charge >= 0.3 is 5.97 Å². The highest BCUT2D eigenvalue weighted by molar-refractivity contribution is 7.07. The SMILES string of the molecule is CCOC(=O)C1=C(C)N=c2s/c(=C\c3ccc4c(c3)OCO4)c(=O)n2[C@@H]1c1ccc(OCC)c(OCC)c1. The smallest absolute Gasteiger partial charge is 0.338 e. The molecule has 0 saturated carbocycles. The molecule has 1 atom stereocenters. The highest BCUT2D eigenvalue weighted by atomic mass is 32.1. The summed E-state index contributed by atoms with van der Waals surface area (Å²) in [5.41, 5.74) is 2.01. The van der Waals surface area contributed by atoms with Crippen molar-refractivity contribution >= 4 is 23.4 Å². The van der Waals surface area contributed by atoms with Crippen molar-refractivity contribution < 1.29 is 28.5 Å². The molecule has 0 saturated heterocycles. The second-order valence-corrected chi connectivity index (χ2v) is 9.50. The molecule has 0 bridgehead atoms. The molecule has 2 aromatic carbocycles. The molecule has 2 aliphatic rings. The molecule has 198 valence electrons. The van der Waals surface area contributed by atoms with Crippen molar-refractivity contribution in [2.75, 3.05) is 26.6 Å². The summed E-state index contributed by atoms with van der Waals surface area (Å²) in [6.07, 6.45) is 1.79. The van der Waals surface area contributed by atoms with Crippen molar-refractivity contribution in [2.24, 2.45) is 4.99 Å². The lowest BCUT2D eigenvalue weighted by molar-refractivity contribution is -0.139. The first-order valence-corrected chi connectivity index (χ1v) is 13.3. The molecule has 0 spiro atoms. The number of hydrogen-bond donors (Lipinski definition) is 0. The number of allylic oxidation sites excluding steroid dienone is 1. The molecule has 2 aliphatic heterocycles. The number of hydrogen-bond acceptors (Lipinski definition) is 9. The summed E-state index contributed by atoms with van der Waals surface area (Å²) in [6.45, 7) is 8.55. The van der Waals surface area contributed by atoms with Crippen molar-refractivity contribution in [3.63, 3.8) is 0 Å². The van der Waals surface area contributed by atoms with E-state index in [1.807, 2.05) is 44.2 Å². The number of benzene rings is 2. The predicted octanol–water partition coefficient (Wildman–Crippen LogP) is 3.32. The van der Waals surface area contributed by atoms with Crippen LogP contribution in [0, 0.1) is 0 Å². The second-order valence-electron chi connectivity index (χ2n) is 8.49. The van der Waals surface area contributed by atoms with Gasteiger partial charge in [-0.1, -0.05) is 23.5 Å². The summed E-state index contributed by atoms with van der Waals surface area (Å²) in [7, 11) is 0. The van der Waals surface area contributed by atoms with E-state index in [-0.39, 0.29) is 19.0 Å². The third kappa shape index (κ3) is 4.67. The van der Waals surface area contributed by atoms with Gasteiger partial charge in [-0.3, -0.25) is 9.36 Å². The molecule has 3 aromatic rings. The molecule has 3 heterocycles. The summed E-state index contributed by atoms with van der Waals surface area (Å²) >= 11 is 1.26. The fraction of sp³-hybridized carbons (Fsp3) is 0.321. The molecule has 0 aliphatic carbocycles. The zero-order valence-corrected chi connectivity index (χ0v) is 22.4. The number of esters is 1. The van der Waals surface area contributed by atoms with Crippen LogP contribution in [-0.2, 0) is 9.53 Å². The fourth-order valence-corrected chi connectivity index (χ4v) is 5.55. The largest absolute Gasteiger partial charge is 0.490 e. The van der Waals surface area contributed by atoms with Crippen molar-refractivity contribution in [1.29, 1.82) is 0 Å². The van der Waals surface area contributed by atoms with Crippen LogP contribution in [-0.4, -0.2) is 37.1 Å². The molecule has 0 fully saturated rings. The lowest BCUT2D eigenvalue weighted by atomic mass is 9.95. The molecule has 5 rings (SSSR count). The summed E-state index contributed by atoms with van der Waals surface area (Å²) < 4.78 is 29.8. The van der Waals surface area contributed by atoms with Crippen LogP contribution in [0.1, 0.15) is 44.9 Å². The molecule has 38 heavy (non-hydrogen) atoms. The third-order valence-electron chi connectivity index (χ3n) is 6.09. The predicted molar refractivity (Wildman–Crippen MR) is 142 cm³/mol. The highest BCUT2D eigenvalue weighted by Crippen LogP contribution is 2.36. The Bertz CT molecular complexity index is 1600. The normalized spacial score (nSPS) is 16.2. The van der Waals surface area contributed by atoms with Crippen molar-refractivity contribution in [2.45, 2.75) is 33.7 Å². The molecular formula is C28H28N2O7S. The van der Waals surface area contributed by atoms with Gasteiger partial charge in [-0.25, -0.2) is 9.79 Å². The van der Waals surface area contributed by atoms with Crippen LogP contribution in [0.4, 0.5) is 0 Å². The minimum absolute atomic E-state index is 0.169. The summed E-state index contributed by atoms with van der Waals surface area (Å²) in [5.74, 6) is 1.90. The van der Waals surface area contributed by atoms with Crippen molar-refractivity contribution in [1.82, 2.24) is 4.57 Å². The maximum absolute atomic E-state index is 13.8. The van der Waals surface area contributed by atoms with Gasteiger partial charge in [0.25, 0.3) is 5.56 Å². The zero-order chi connectivity index (χ0) is 26.8. The van der Waals surface area contributed by atoms with Crippen LogP contribution in [0.15, 0.2) is 57.5 Å². The van der Waals surface area contributed by atoms with Crippen molar-refractivity contribution in [3.05, 3.63) is 78.5 Å². The fourth-order valence-electron chi connectivity index (χ4n) is 4.50. The number of carbonyl (C=O) groups is 1. The Labute approximate surface area is 223 Å². The Morgan fingerprint density at radius 1 is 1.05 bits per heavy atom. The first kappa shape index (κ1) is 25.6. The van der Waals surface area contributed by atoms with E-state index in [1.54, 1.807) is 30.6 Å². The number of carbonyl (C=O) groups excluding carboxylic acids is 1. The Morgan fingerprint density at radius 2 is 1.82 bits per heavy atom. The maximum atomic E-state index is 13.8. The van der Waals surface area contributed by atoms with Gasteiger partial charge in [0.05, 0.1) is 41.7 Å². The zero-order valence-electron chi connectivity index (χ0n) is 21.6. The first-order chi connectivity index (χ1) is 18.4. The minimum atomic E-state index is -0.751. The van der Waals surface area contributed by atoms with E-state index >= 15 is 0 Å². The van der Waals surface area contributed by atoms with E-state index in [0.29, 0.717) is 62.4 Å². The number of fused-ring (bicyclic) bond motifs is 2. The van der Waals surface area contributed by atoms with Crippen LogP contribution in [0.5, 0.6) is 23.0 Å². The Balaban J connectivity index is 1.69. The Hall–Kier alpha value is -4.05. The van der Waals surface area contributed by atoms with Gasteiger partial charge in [-0.15, -0.1) is 0 Å². The molecule has 0 N–H and O–H groups in total. The van der Waals surface area contributed by atoms with Crippen LogP contribution in [0.3, 0.4) is 0 Å². The van der Waals surface area contributed by atoms with E-state index in [0.717, 1.165) is 5.56 Å². The van der Waals surface area contributed by atoms with Gasteiger partial charge in [-0.2, -0.15) is 0 Å². The molecule has 0 radical (unpaired) electrons. The minimum Gasteiger partial charge on any atom is -0.490 e. The average Bonchev–Trinajstić information content (AvgIpc) is 3.48. The molecular weight excluding hydrogens is 508 g/mol. The average molecular weight is 537 g/mol. The lowest BCUT2D eigenvalue weighted by Crippen LogP contribution is -2.40. The molecule has 0 amide bonds. The monoisotopic (exact) mass is 536 g/mol. The summed E-state index contributed by atoms with van der Waals surface area (Å²) in [4.78, 5) is 32.1. The second kappa shape index (κ2) is 10.7. The number of aromatic nitrogens is 1. The summed E-state index contributed by atoms with van der Waals surface area (Å²) in [6, 6.07) is 10.2. The highest BCUT2D eigenvalue weighted by Gasteiger charge is 2.34. The van der Waals surface area contributed by atoms with Gasteiger partial charge in [0.2, 0.25) is 6.79 Å². The van der Waals surface area contributed by atoms with Crippen LogP contribution < -0.4 is 33.8 Å². The summed E-state index contributed by atoms with van der Waals surface area (Å²) in [5, 5.41) is 0. The first-order valence-electron chi connectivity index (χ1n) is 12.4. The van der Waals surface area contributed by atoms with E-state index in [1.165, 1.54) is 11.3 Å². The quantitative estimate of drug-likeness (QED) is 0.408. The number of thiazole rings is 1. The van der Waals surface area contributed by atoms with E-state index in [2.05, 4.69) is 4.99 Å². The Kier molecular flexibility index (Phi) is 7.24. The third-order valence-corrected chi connectivity index (χ3v) is 7.08. The van der Waals surface area contributed by atoms with Gasteiger partial charge < -0.3 is 23.7 Å². The molecule has 9 nitrogen and oxygen atoms in total. The Morgan fingerprint density at radius 3 is 2.58 bits per heavy atom. The van der Waals surface area contributed by atoms with Crippen molar-refractivity contribution in [3.8, 4) is 23.0 Å². The van der Waals surface area contributed by atoms with Gasteiger partial charge in [0.1, 0.15) is 0 Å². The maximum Gasteiger partial charge on any atom is 0.338 e. The van der Waals surface area contributed by atoms with E-state index in [4.69, 9.17) is 23.7 Å². The van der Waals surface area contributed by atoms with E-state index in [9.17, 15) is 9.59 Å². The topological polar surface area (TPSA) is 97.6 Å². The lowest BCUT2D eigenvalue weighted by Gasteiger charge is -2.25.